The van der Waals surface area contributed by atoms with Crippen molar-refractivity contribution in [2.24, 2.45) is 0 Å². The van der Waals surface area contributed by atoms with Crippen LogP contribution in [0.2, 0.25) is 0 Å². The predicted molar refractivity (Wildman–Crippen MR) is 71.1 cm³/mol. The minimum Gasteiger partial charge on any atom is -0.280 e. The second kappa shape index (κ2) is 5.69. The Hall–Kier alpha value is -2.11. The Morgan fingerprint density at radius 2 is 1.74 bits per heavy atom. The van der Waals surface area contributed by atoms with Crippen molar-refractivity contribution in [2.45, 2.75) is 4.90 Å². The fourth-order valence-electron chi connectivity index (χ4n) is 1.12. The van der Waals surface area contributed by atoms with Gasteiger partial charge in [-0.15, -0.1) is 0 Å². The Morgan fingerprint density at radius 1 is 1.16 bits per heavy atom. The first-order chi connectivity index (χ1) is 8.80. The van der Waals surface area contributed by atoms with Crippen molar-refractivity contribution in [3.63, 3.8) is 0 Å². The average Bonchev–Trinajstić information content (AvgIpc) is 2.37. The SMILES string of the molecule is C=CS(=O)(=O)Nc1ccc(S(=O)(=O)C=CC#N)cc1. The van der Waals surface area contributed by atoms with Gasteiger partial charge in [0.1, 0.15) is 0 Å². The summed E-state index contributed by atoms with van der Waals surface area (Å²) < 4.78 is 47.9. The van der Waals surface area contributed by atoms with E-state index in [1.165, 1.54) is 24.3 Å². The van der Waals surface area contributed by atoms with E-state index < -0.39 is 19.9 Å². The molecule has 0 unspecified atom stereocenters. The van der Waals surface area contributed by atoms with Crippen LogP contribution in [0.3, 0.4) is 0 Å². The molecule has 0 bridgehead atoms. The van der Waals surface area contributed by atoms with Crippen LogP contribution in [0.4, 0.5) is 5.69 Å². The Balaban J connectivity index is 3.05. The monoisotopic (exact) mass is 298 g/mol. The maximum atomic E-state index is 11.7. The largest absolute Gasteiger partial charge is 0.280 e. The number of nitrogens with one attached hydrogen (secondary N) is 1. The quantitative estimate of drug-likeness (QED) is 0.827. The maximum Gasteiger partial charge on any atom is 0.254 e. The van der Waals surface area contributed by atoms with Crippen molar-refractivity contribution >= 4 is 25.5 Å². The molecule has 0 radical (unpaired) electrons. The molecule has 0 fully saturated rings. The van der Waals surface area contributed by atoms with E-state index in [-0.39, 0.29) is 10.6 Å². The van der Waals surface area contributed by atoms with Crippen LogP contribution in [0, 0.1) is 11.3 Å². The van der Waals surface area contributed by atoms with Gasteiger partial charge in [-0.3, -0.25) is 4.72 Å². The second-order valence-electron chi connectivity index (χ2n) is 3.31. The maximum absolute atomic E-state index is 11.7. The van der Waals surface area contributed by atoms with Gasteiger partial charge in [0.05, 0.1) is 11.0 Å². The van der Waals surface area contributed by atoms with Gasteiger partial charge in [0.2, 0.25) is 9.84 Å². The van der Waals surface area contributed by atoms with Crippen LogP contribution in [-0.2, 0) is 19.9 Å². The third kappa shape index (κ3) is 4.24. The zero-order valence-electron chi connectivity index (χ0n) is 9.65. The van der Waals surface area contributed by atoms with Crippen LogP contribution in [0.25, 0.3) is 0 Å². The smallest absolute Gasteiger partial charge is 0.254 e. The van der Waals surface area contributed by atoms with Gasteiger partial charge in [0.25, 0.3) is 10.0 Å². The van der Waals surface area contributed by atoms with Crippen LogP contribution in [0.1, 0.15) is 0 Å². The number of nitrogens with zero attached hydrogens (tertiary/aromatic N) is 1. The summed E-state index contributed by atoms with van der Waals surface area (Å²) in [7, 11) is -7.32. The number of nitriles is 1. The molecule has 0 saturated heterocycles. The molecule has 0 amide bonds. The Labute approximate surface area is 111 Å². The lowest BCUT2D eigenvalue weighted by Crippen LogP contribution is -2.08. The van der Waals surface area contributed by atoms with E-state index in [4.69, 9.17) is 5.26 Å². The van der Waals surface area contributed by atoms with Crippen LogP contribution in [0.5, 0.6) is 0 Å². The zero-order valence-corrected chi connectivity index (χ0v) is 11.3. The number of sulfonamides is 1. The number of sulfone groups is 1. The van der Waals surface area contributed by atoms with Gasteiger partial charge in [-0.25, -0.2) is 16.8 Å². The molecule has 100 valence electrons. The summed E-state index contributed by atoms with van der Waals surface area (Å²) in [5, 5.41) is 9.81. The summed E-state index contributed by atoms with van der Waals surface area (Å²) in [6, 6.07) is 6.65. The fourth-order valence-corrected chi connectivity index (χ4v) is 2.58. The molecule has 6 nitrogen and oxygen atoms in total. The minimum absolute atomic E-state index is 0.0412. The van der Waals surface area contributed by atoms with E-state index in [1.54, 1.807) is 6.07 Å². The average molecular weight is 298 g/mol. The van der Waals surface area contributed by atoms with Gasteiger partial charge in [-0.1, -0.05) is 6.58 Å². The van der Waals surface area contributed by atoms with Crippen molar-refractivity contribution in [3.05, 3.63) is 47.7 Å². The van der Waals surface area contributed by atoms with Crippen LogP contribution >= 0.6 is 0 Å². The molecule has 1 rings (SSSR count). The van der Waals surface area contributed by atoms with Crippen molar-refractivity contribution in [3.8, 4) is 6.07 Å². The standard InChI is InChI=1S/C11H10N2O4S2/c1-2-19(16,17)13-10-4-6-11(7-5-10)18(14,15)9-3-8-12/h2-7,9,13H,1H2. The predicted octanol–water partition coefficient (Wildman–Crippen LogP) is 1.38. The fraction of sp³-hybridized carbons (Fsp3) is 0. The molecule has 1 aromatic rings. The van der Waals surface area contributed by atoms with E-state index >= 15 is 0 Å². The van der Waals surface area contributed by atoms with Gasteiger partial charge >= 0.3 is 0 Å². The molecular formula is C11H10N2O4S2. The van der Waals surface area contributed by atoms with Gasteiger partial charge in [-0.2, -0.15) is 5.26 Å². The Morgan fingerprint density at radius 3 is 2.21 bits per heavy atom. The molecule has 0 atom stereocenters. The molecule has 8 heteroatoms. The number of hydrogen-bond donors (Lipinski definition) is 1. The first kappa shape index (κ1) is 14.9. The highest BCUT2D eigenvalue weighted by molar-refractivity contribution is 7.95. The Bertz CT molecular complexity index is 739. The molecular weight excluding hydrogens is 288 g/mol. The van der Waals surface area contributed by atoms with Crippen LogP contribution in [0.15, 0.2) is 52.6 Å². The molecule has 1 aromatic carbocycles. The van der Waals surface area contributed by atoms with E-state index in [1.807, 2.05) is 0 Å². The number of rotatable bonds is 5. The van der Waals surface area contributed by atoms with E-state index in [9.17, 15) is 16.8 Å². The number of anilines is 1. The zero-order chi connectivity index (χ0) is 14.5. The highest BCUT2D eigenvalue weighted by Gasteiger charge is 2.11. The topological polar surface area (TPSA) is 104 Å². The Kier molecular flexibility index (Phi) is 4.47. The molecule has 0 saturated carbocycles. The van der Waals surface area contributed by atoms with Gasteiger partial charge < -0.3 is 0 Å². The van der Waals surface area contributed by atoms with Gasteiger partial charge in [0.15, 0.2) is 0 Å². The molecule has 19 heavy (non-hydrogen) atoms. The highest BCUT2D eigenvalue weighted by Crippen LogP contribution is 2.17. The summed E-state index contributed by atoms with van der Waals surface area (Å²) in [5.41, 5.74) is 0.211. The molecule has 0 heterocycles. The lowest BCUT2D eigenvalue weighted by Gasteiger charge is -2.04. The molecule has 0 aliphatic carbocycles. The number of hydrogen-bond acceptors (Lipinski definition) is 5. The third-order valence-electron chi connectivity index (χ3n) is 1.98. The first-order valence-corrected chi connectivity index (χ1v) is 7.96. The molecule has 0 aromatic heterocycles. The van der Waals surface area contributed by atoms with E-state index in [0.717, 1.165) is 16.9 Å². The van der Waals surface area contributed by atoms with Crippen molar-refractivity contribution < 1.29 is 16.8 Å². The van der Waals surface area contributed by atoms with Crippen LogP contribution in [-0.4, -0.2) is 16.8 Å². The first-order valence-electron chi connectivity index (χ1n) is 4.87. The number of allylic oxidation sites excluding steroid dienone is 1. The minimum atomic E-state index is -3.69. The second-order valence-corrected chi connectivity index (χ2v) is 6.78. The van der Waals surface area contributed by atoms with Crippen molar-refractivity contribution in [1.29, 1.82) is 5.26 Å². The summed E-state index contributed by atoms with van der Waals surface area (Å²) in [6.45, 7) is 3.13. The molecule has 0 aliphatic heterocycles. The summed E-state index contributed by atoms with van der Waals surface area (Å²) in [4.78, 5) is -0.0412. The lowest BCUT2D eigenvalue weighted by molar-refractivity contribution is 0.604. The molecule has 0 aliphatic rings. The highest BCUT2D eigenvalue weighted by atomic mass is 32.2. The summed E-state index contributed by atoms with van der Waals surface area (Å²) in [6.07, 6.45) is 0.851. The summed E-state index contributed by atoms with van der Waals surface area (Å²) in [5.74, 6) is 0. The third-order valence-corrected chi connectivity index (χ3v) is 4.37. The van der Waals surface area contributed by atoms with E-state index in [2.05, 4.69) is 11.3 Å². The van der Waals surface area contributed by atoms with Crippen molar-refractivity contribution in [2.75, 3.05) is 4.72 Å². The van der Waals surface area contributed by atoms with E-state index in [0.29, 0.717) is 0 Å². The number of benzene rings is 1. The summed E-state index contributed by atoms with van der Waals surface area (Å²) >= 11 is 0. The van der Waals surface area contributed by atoms with Crippen LogP contribution < -0.4 is 4.72 Å². The van der Waals surface area contributed by atoms with Crippen molar-refractivity contribution in [1.82, 2.24) is 0 Å². The molecule has 0 spiro atoms. The van der Waals surface area contributed by atoms with Gasteiger partial charge in [-0.05, 0) is 24.3 Å². The molecule has 1 N–H and O–H groups in total. The van der Waals surface area contributed by atoms with Gasteiger partial charge in [0, 0.05) is 22.6 Å². The normalized spacial score (nSPS) is 11.9. The lowest BCUT2D eigenvalue weighted by atomic mass is 10.3.